The van der Waals surface area contributed by atoms with Gasteiger partial charge < -0.3 is 15.1 Å². The molecule has 0 atom stereocenters. The van der Waals surface area contributed by atoms with Crippen molar-refractivity contribution in [2.45, 2.75) is 6.54 Å². The van der Waals surface area contributed by atoms with Crippen molar-refractivity contribution >= 4 is 11.7 Å². The van der Waals surface area contributed by atoms with Gasteiger partial charge in [-0.2, -0.15) is 5.26 Å². The highest BCUT2D eigenvalue weighted by Crippen LogP contribution is 2.03. The minimum Gasteiger partial charge on any atom is -0.467 e. The van der Waals surface area contributed by atoms with E-state index in [4.69, 9.17) is 9.68 Å². The van der Waals surface area contributed by atoms with Gasteiger partial charge in [-0.15, -0.1) is 0 Å². The molecule has 0 aromatic carbocycles. The molecule has 0 unspecified atom stereocenters. The Morgan fingerprint density at radius 2 is 2.30 bits per heavy atom. The molecular formula is C14H12N4O2. The molecule has 2 heterocycles. The molecule has 0 aliphatic rings. The van der Waals surface area contributed by atoms with Crippen LogP contribution < -0.4 is 10.6 Å². The normalized spacial score (nSPS) is 10.7. The first kappa shape index (κ1) is 13.4. The van der Waals surface area contributed by atoms with Crippen molar-refractivity contribution in [3.8, 4) is 6.07 Å². The van der Waals surface area contributed by atoms with Crippen LogP contribution in [0.2, 0.25) is 0 Å². The standard InChI is InChI=1S/C14H12N4O2/c15-8-11(9-17-13-5-1-2-6-16-13)14(19)18-10-12-4-3-7-20-12/h1-7,9H,10H2,(H,16,17)(H,18,19)/b11-9-. The Labute approximate surface area is 115 Å². The maximum Gasteiger partial charge on any atom is 0.263 e. The van der Waals surface area contributed by atoms with Crippen LogP contribution in [0, 0.1) is 11.3 Å². The zero-order chi connectivity index (χ0) is 14.2. The van der Waals surface area contributed by atoms with E-state index in [1.165, 1.54) is 12.5 Å². The molecule has 0 bridgehead atoms. The number of nitrogens with one attached hydrogen (secondary N) is 2. The van der Waals surface area contributed by atoms with Crippen LogP contribution in [-0.4, -0.2) is 10.9 Å². The molecule has 2 N–H and O–H groups in total. The average Bonchev–Trinajstić information content (AvgIpc) is 3.00. The number of nitriles is 1. The molecule has 0 aliphatic carbocycles. The van der Waals surface area contributed by atoms with Crippen molar-refractivity contribution in [2.24, 2.45) is 0 Å². The van der Waals surface area contributed by atoms with Crippen LogP contribution in [0.25, 0.3) is 0 Å². The summed E-state index contributed by atoms with van der Waals surface area (Å²) in [5.41, 5.74) is -0.0396. The summed E-state index contributed by atoms with van der Waals surface area (Å²) in [4.78, 5) is 15.8. The fourth-order valence-electron chi connectivity index (χ4n) is 1.42. The third-order valence-corrected chi connectivity index (χ3v) is 2.40. The van der Waals surface area contributed by atoms with Crippen LogP contribution in [0.4, 0.5) is 5.82 Å². The molecule has 100 valence electrons. The van der Waals surface area contributed by atoms with Gasteiger partial charge in [-0.3, -0.25) is 4.79 Å². The monoisotopic (exact) mass is 268 g/mol. The summed E-state index contributed by atoms with van der Waals surface area (Å²) in [5.74, 6) is 0.694. The van der Waals surface area contributed by atoms with Gasteiger partial charge in [-0.1, -0.05) is 6.07 Å². The minimum atomic E-state index is -0.479. The molecule has 0 saturated heterocycles. The van der Waals surface area contributed by atoms with E-state index in [0.717, 1.165) is 0 Å². The van der Waals surface area contributed by atoms with Crippen molar-refractivity contribution in [1.82, 2.24) is 10.3 Å². The number of anilines is 1. The highest BCUT2D eigenvalue weighted by atomic mass is 16.3. The molecule has 20 heavy (non-hydrogen) atoms. The van der Waals surface area contributed by atoms with Crippen LogP contribution >= 0.6 is 0 Å². The van der Waals surface area contributed by atoms with Crippen LogP contribution in [-0.2, 0) is 11.3 Å². The molecule has 6 heteroatoms. The van der Waals surface area contributed by atoms with E-state index in [1.807, 2.05) is 6.07 Å². The Bertz CT molecular complexity index is 627. The summed E-state index contributed by atoms with van der Waals surface area (Å²) < 4.78 is 5.08. The fraction of sp³-hybridized carbons (Fsp3) is 0.0714. The first-order chi connectivity index (χ1) is 9.79. The first-order valence-corrected chi connectivity index (χ1v) is 5.88. The Morgan fingerprint density at radius 1 is 1.40 bits per heavy atom. The first-order valence-electron chi connectivity index (χ1n) is 5.88. The topological polar surface area (TPSA) is 91.0 Å². The van der Waals surface area contributed by atoms with E-state index in [9.17, 15) is 4.79 Å². The maximum atomic E-state index is 11.8. The summed E-state index contributed by atoms with van der Waals surface area (Å²) in [6, 6.07) is 10.6. The molecular weight excluding hydrogens is 256 g/mol. The molecule has 2 aromatic rings. The lowest BCUT2D eigenvalue weighted by Crippen LogP contribution is -2.24. The summed E-state index contributed by atoms with van der Waals surface area (Å²) in [7, 11) is 0. The SMILES string of the molecule is N#C/C(=C/Nc1ccccn1)C(=O)NCc1ccco1. The number of carbonyl (C=O) groups excluding carboxylic acids is 1. The molecule has 2 aromatic heterocycles. The molecule has 2 rings (SSSR count). The van der Waals surface area contributed by atoms with Crippen LogP contribution in [0.3, 0.4) is 0 Å². The number of amides is 1. The van der Waals surface area contributed by atoms with Gasteiger partial charge in [0.15, 0.2) is 0 Å². The van der Waals surface area contributed by atoms with Gasteiger partial charge in [-0.25, -0.2) is 4.98 Å². The predicted octanol–water partition coefficient (Wildman–Crippen LogP) is 1.81. The Kier molecular flexibility index (Phi) is 4.51. The van der Waals surface area contributed by atoms with E-state index in [2.05, 4.69) is 15.6 Å². The molecule has 0 radical (unpaired) electrons. The molecule has 0 fully saturated rings. The van der Waals surface area contributed by atoms with E-state index in [1.54, 1.807) is 36.5 Å². The Hall–Kier alpha value is -3.07. The fourth-order valence-corrected chi connectivity index (χ4v) is 1.42. The van der Waals surface area contributed by atoms with Gasteiger partial charge in [0.1, 0.15) is 23.2 Å². The van der Waals surface area contributed by atoms with Gasteiger partial charge in [0.25, 0.3) is 5.91 Å². The Morgan fingerprint density at radius 3 is 2.95 bits per heavy atom. The number of hydrogen-bond acceptors (Lipinski definition) is 5. The van der Waals surface area contributed by atoms with Crippen LogP contribution in [0.5, 0.6) is 0 Å². The second kappa shape index (κ2) is 6.75. The lowest BCUT2D eigenvalue weighted by atomic mass is 10.3. The molecule has 1 amide bonds. The smallest absolute Gasteiger partial charge is 0.263 e. The van der Waals surface area contributed by atoms with Crippen LogP contribution in [0.1, 0.15) is 5.76 Å². The zero-order valence-corrected chi connectivity index (χ0v) is 10.5. The predicted molar refractivity (Wildman–Crippen MR) is 72.1 cm³/mol. The number of furan rings is 1. The zero-order valence-electron chi connectivity index (χ0n) is 10.5. The number of hydrogen-bond donors (Lipinski definition) is 2. The summed E-state index contributed by atoms with van der Waals surface area (Å²) in [6.07, 6.45) is 4.45. The van der Waals surface area contributed by atoms with Gasteiger partial charge in [-0.05, 0) is 24.3 Å². The molecule has 0 aliphatic heterocycles. The lowest BCUT2D eigenvalue weighted by Gasteiger charge is -2.03. The van der Waals surface area contributed by atoms with Crippen molar-refractivity contribution in [2.75, 3.05) is 5.32 Å². The van der Waals surface area contributed by atoms with Crippen LogP contribution in [0.15, 0.2) is 59.0 Å². The van der Waals surface area contributed by atoms with Crippen molar-refractivity contribution in [3.05, 3.63) is 60.3 Å². The van der Waals surface area contributed by atoms with Crippen molar-refractivity contribution in [3.63, 3.8) is 0 Å². The number of pyridine rings is 1. The third-order valence-electron chi connectivity index (χ3n) is 2.40. The van der Waals surface area contributed by atoms with Gasteiger partial charge >= 0.3 is 0 Å². The summed E-state index contributed by atoms with van der Waals surface area (Å²) in [6.45, 7) is 0.231. The molecule has 0 spiro atoms. The van der Waals surface area contributed by atoms with Gasteiger partial charge in [0, 0.05) is 12.4 Å². The lowest BCUT2D eigenvalue weighted by molar-refractivity contribution is -0.117. The summed E-state index contributed by atoms with van der Waals surface area (Å²) in [5, 5.41) is 14.3. The highest BCUT2D eigenvalue weighted by Gasteiger charge is 2.09. The second-order valence-electron chi connectivity index (χ2n) is 3.79. The molecule has 6 nitrogen and oxygen atoms in total. The molecule has 0 saturated carbocycles. The number of nitrogens with zero attached hydrogens (tertiary/aromatic N) is 2. The highest BCUT2D eigenvalue weighted by molar-refractivity contribution is 5.97. The van der Waals surface area contributed by atoms with E-state index in [0.29, 0.717) is 11.6 Å². The van der Waals surface area contributed by atoms with Gasteiger partial charge in [0.2, 0.25) is 0 Å². The summed E-state index contributed by atoms with van der Waals surface area (Å²) >= 11 is 0. The largest absolute Gasteiger partial charge is 0.467 e. The second-order valence-corrected chi connectivity index (χ2v) is 3.79. The quantitative estimate of drug-likeness (QED) is 0.637. The minimum absolute atomic E-state index is 0.0396. The Balaban J connectivity index is 1.93. The van der Waals surface area contributed by atoms with E-state index >= 15 is 0 Å². The van der Waals surface area contributed by atoms with Crippen molar-refractivity contribution in [1.29, 1.82) is 5.26 Å². The van der Waals surface area contributed by atoms with Gasteiger partial charge in [0.05, 0.1) is 12.8 Å². The number of carbonyl (C=O) groups is 1. The van der Waals surface area contributed by atoms with Crippen molar-refractivity contribution < 1.29 is 9.21 Å². The third kappa shape index (κ3) is 3.71. The van der Waals surface area contributed by atoms with E-state index < -0.39 is 5.91 Å². The number of aromatic nitrogens is 1. The maximum absolute atomic E-state index is 11.8. The van der Waals surface area contributed by atoms with E-state index in [-0.39, 0.29) is 12.1 Å². The average molecular weight is 268 g/mol. The number of rotatable bonds is 5.